The molecule has 6 nitrogen and oxygen atoms in total. The van der Waals surface area contributed by atoms with Crippen molar-refractivity contribution < 1.29 is 19.1 Å². The Hall–Kier alpha value is -2.64. The largest absolute Gasteiger partial charge is 0.492 e. The first-order chi connectivity index (χ1) is 12.9. The third-order valence-electron chi connectivity index (χ3n) is 3.75. The first kappa shape index (κ1) is 19.1. The number of carbonyl (C=O) groups is 3. The van der Waals surface area contributed by atoms with Gasteiger partial charge in [-0.05, 0) is 55.0 Å². The lowest BCUT2D eigenvalue weighted by Gasteiger charge is -2.26. The standard InChI is InChI=1S/C19H14BrClN2O4/c1-2-27-16-8-3-11(10-15(16)21)9-14-17(24)22-19(26)23(18(14)25)13-6-4-12(20)5-7-13/h3-10H,2H2,1H3,(H,22,24,26)/b14-9+. The number of urea groups is 1. The molecular weight excluding hydrogens is 436 g/mol. The topological polar surface area (TPSA) is 75.7 Å². The van der Waals surface area contributed by atoms with Crippen LogP contribution in [0.25, 0.3) is 6.08 Å². The second kappa shape index (κ2) is 7.94. The fourth-order valence-electron chi connectivity index (χ4n) is 2.53. The number of anilines is 1. The smallest absolute Gasteiger partial charge is 0.335 e. The molecule has 1 saturated heterocycles. The molecule has 0 saturated carbocycles. The van der Waals surface area contributed by atoms with Crippen LogP contribution in [-0.2, 0) is 9.59 Å². The molecule has 1 fully saturated rings. The maximum absolute atomic E-state index is 12.8. The van der Waals surface area contributed by atoms with Crippen LogP contribution in [0.4, 0.5) is 10.5 Å². The first-order valence-electron chi connectivity index (χ1n) is 8.00. The van der Waals surface area contributed by atoms with Crippen LogP contribution in [0.5, 0.6) is 5.75 Å². The normalized spacial score (nSPS) is 15.9. The zero-order chi connectivity index (χ0) is 19.6. The van der Waals surface area contributed by atoms with Crippen molar-refractivity contribution in [2.45, 2.75) is 6.92 Å². The van der Waals surface area contributed by atoms with Crippen molar-refractivity contribution >= 4 is 57.1 Å². The van der Waals surface area contributed by atoms with E-state index in [0.717, 1.165) is 9.37 Å². The number of rotatable bonds is 4. The molecule has 0 aliphatic carbocycles. The lowest BCUT2D eigenvalue weighted by molar-refractivity contribution is -0.122. The van der Waals surface area contributed by atoms with Crippen LogP contribution in [0.3, 0.4) is 0 Å². The number of barbiturate groups is 1. The molecule has 0 radical (unpaired) electrons. The van der Waals surface area contributed by atoms with Crippen molar-refractivity contribution in [3.63, 3.8) is 0 Å². The van der Waals surface area contributed by atoms with E-state index in [4.69, 9.17) is 16.3 Å². The van der Waals surface area contributed by atoms with Gasteiger partial charge in [-0.3, -0.25) is 14.9 Å². The molecule has 0 unspecified atom stereocenters. The molecule has 3 rings (SSSR count). The molecule has 138 valence electrons. The zero-order valence-electron chi connectivity index (χ0n) is 14.2. The first-order valence-corrected chi connectivity index (χ1v) is 9.17. The average Bonchev–Trinajstić information content (AvgIpc) is 2.62. The summed E-state index contributed by atoms with van der Waals surface area (Å²) in [5, 5.41) is 2.54. The van der Waals surface area contributed by atoms with Crippen LogP contribution in [-0.4, -0.2) is 24.5 Å². The van der Waals surface area contributed by atoms with Gasteiger partial charge in [0.2, 0.25) is 0 Å². The highest BCUT2D eigenvalue weighted by Crippen LogP contribution is 2.28. The van der Waals surface area contributed by atoms with Crippen LogP contribution < -0.4 is 15.0 Å². The zero-order valence-corrected chi connectivity index (χ0v) is 16.5. The van der Waals surface area contributed by atoms with E-state index in [-0.39, 0.29) is 5.57 Å². The SMILES string of the molecule is CCOc1ccc(/C=C2\C(=O)NC(=O)N(c3ccc(Br)cc3)C2=O)cc1Cl. The van der Waals surface area contributed by atoms with E-state index in [9.17, 15) is 14.4 Å². The van der Waals surface area contributed by atoms with Gasteiger partial charge in [0.1, 0.15) is 11.3 Å². The molecule has 0 bridgehead atoms. The van der Waals surface area contributed by atoms with Crippen molar-refractivity contribution in [3.8, 4) is 5.75 Å². The van der Waals surface area contributed by atoms with Crippen molar-refractivity contribution in [1.29, 1.82) is 0 Å². The molecule has 1 heterocycles. The van der Waals surface area contributed by atoms with Gasteiger partial charge in [0.05, 0.1) is 17.3 Å². The number of imide groups is 2. The van der Waals surface area contributed by atoms with E-state index in [2.05, 4.69) is 21.2 Å². The Balaban J connectivity index is 1.96. The summed E-state index contributed by atoms with van der Waals surface area (Å²) >= 11 is 9.45. The summed E-state index contributed by atoms with van der Waals surface area (Å²) in [5.41, 5.74) is 0.716. The number of carbonyl (C=O) groups excluding carboxylic acids is 3. The fraction of sp³-hybridized carbons (Fsp3) is 0.105. The fourth-order valence-corrected chi connectivity index (χ4v) is 3.04. The van der Waals surface area contributed by atoms with E-state index in [1.165, 1.54) is 6.08 Å². The molecule has 27 heavy (non-hydrogen) atoms. The third kappa shape index (κ3) is 4.04. The van der Waals surface area contributed by atoms with Gasteiger partial charge in [-0.1, -0.05) is 33.6 Å². The minimum absolute atomic E-state index is 0.169. The van der Waals surface area contributed by atoms with E-state index in [0.29, 0.717) is 28.6 Å². The Morgan fingerprint density at radius 3 is 2.48 bits per heavy atom. The summed E-state index contributed by atoms with van der Waals surface area (Å²) in [6.07, 6.45) is 1.39. The van der Waals surface area contributed by atoms with Crippen molar-refractivity contribution in [3.05, 3.63) is 63.1 Å². The molecule has 2 aromatic carbocycles. The van der Waals surface area contributed by atoms with Crippen molar-refractivity contribution in [2.75, 3.05) is 11.5 Å². The number of nitrogens with zero attached hydrogens (tertiary/aromatic N) is 1. The van der Waals surface area contributed by atoms with Crippen LogP contribution in [0.2, 0.25) is 5.02 Å². The highest BCUT2D eigenvalue weighted by molar-refractivity contribution is 9.10. The predicted molar refractivity (Wildman–Crippen MR) is 106 cm³/mol. The van der Waals surface area contributed by atoms with Crippen LogP contribution in [0, 0.1) is 0 Å². The number of hydrogen-bond donors (Lipinski definition) is 1. The van der Waals surface area contributed by atoms with Gasteiger partial charge in [0.15, 0.2) is 0 Å². The second-order valence-corrected chi connectivity index (χ2v) is 6.88. The Bertz CT molecular complexity index is 957. The number of ether oxygens (including phenoxy) is 1. The molecule has 1 N–H and O–H groups in total. The summed E-state index contributed by atoms with van der Waals surface area (Å²) in [4.78, 5) is 38.1. The lowest BCUT2D eigenvalue weighted by Crippen LogP contribution is -2.54. The van der Waals surface area contributed by atoms with E-state index >= 15 is 0 Å². The van der Waals surface area contributed by atoms with Gasteiger partial charge in [0.25, 0.3) is 11.8 Å². The number of benzene rings is 2. The Kier molecular flexibility index (Phi) is 5.62. The van der Waals surface area contributed by atoms with Crippen molar-refractivity contribution in [2.24, 2.45) is 0 Å². The van der Waals surface area contributed by atoms with Crippen LogP contribution in [0.15, 0.2) is 52.5 Å². The van der Waals surface area contributed by atoms with Crippen LogP contribution in [0.1, 0.15) is 12.5 Å². The van der Waals surface area contributed by atoms with Gasteiger partial charge in [-0.25, -0.2) is 9.69 Å². The van der Waals surface area contributed by atoms with Gasteiger partial charge in [0, 0.05) is 4.47 Å². The average molecular weight is 450 g/mol. The Morgan fingerprint density at radius 1 is 1.15 bits per heavy atom. The van der Waals surface area contributed by atoms with E-state index in [1.54, 1.807) is 42.5 Å². The highest BCUT2D eigenvalue weighted by atomic mass is 79.9. The maximum Gasteiger partial charge on any atom is 0.335 e. The van der Waals surface area contributed by atoms with Gasteiger partial charge in [-0.2, -0.15) is 0 Å². The minimum Gasteiger partial charge on any atom is -0.492 e. The maximum atomic E-state index is 12.8. The summed E-state index contributed by atoms with van der Waals surface area (Å²) in [7, 11) is 0. The molecule has 1 aliphatic heterocycles. The van der Waals surface area contributed by atoms with Crippen LogP contribution >= 0.6 is 27.5 Å². The van der Waals surface area contributed by atoms with E-state index in [1.807, 2.05) is 6.92 Å². The second-order valence-electron chi connectivity index (χ2n) is 5.56. The van der Waals surface area contributed by atoms with Gasteiger partial charge < -0.3 is 4.74 Å². The Labute approximate surface area is 168 Å². The Morgan fingerprint density at radius 2 is 1.85 bits per heavy atom. The summed E-state index contributed by atoms with van der Waals surface area (Å²) in [6.45, 7) is 2.30. The highest BCUT2D eigenvalue weighted by Gasteiger charge is 2.36. The molecule has 8 heteroatoms. The number of nitrogens with one attached hydrogen (secondary N) is 1. The third-order valence-corrected chi connectivity index (χ3v) is 4.58. The number of halogens is 2. The van der Waals surface area contributed by atoms with Gasteiger partial charge in [-0.15, -0.1) is 0 Å². The molecular formula is C19H14BrClN2O4. The summed E-state index contributed by atoms with van der Waals surface area (Å²) in [5.74, 6) is -0.966. The molecule has 1 aliphatic rings. The number of hydrogen-bond acceptors (Lipinski definition) is 4. The summed E-state index contributed by atoms with van der Waals surface area (Å²) in [6, 6.07) is 10.7. The molecule has 0 spiro atoms. The predicted octanol–water partition coefficient (Wildman–Crippen LogP) is 4.17. The molecule has 0 aromatic heterocycles. The van der Waals surface area contributed by atoms with Gasteiger partial charge >= 0.3 is 6.03 Å². The quantitative estimate of drug-likeness (QED) is 0.561. The minimum atomic E-state index is -0.797. The molecule has 4 amide bonds. The van der Waals surface area contributed by atoms with E-state index < -0.39 is 17.8 Å². The van der Waals surface area contributed by atoms with Crippen molar-refractivity contribution in [1.82, 2.24) is 5.32 Å². The summed E-state index contributed by atoms with van der Waals surface area (Å²) < 4.78 is 6.17. The molecule has 0 atom stereocenters. The monoisotopic (exact) mass is 448 g/mol. The lowest BCUT2D eigenvalue weighted by atomic mass is 10.1. The molecule has 2 aromatic rings. The number of amides is 4.